The maximum absolute atomic E-state index is 12.3. The lowest BCUT2D eigenvalue weighted by Gasteiger charge is -2.30. The highest BCUT2D eigenvalue weighted by Crippen LogP contribution is 2.30. The maximum Gasteiger partial charge on any atom is 0.223 e. The number of nitrogens with zero attached hydrogens (tertiary/aromatic N) is 1. The Balaban J connectivity index is 1.66. The number of carbonyl (C=O) groups is 1. The molecule has 1 amide bonds. The van der Waals surface area contributed by atoms with Crippen molar-refractivity contribution >= 4 is 11.6 Å². The Morgan fingerprint density at radius 3 is 2.89 bits per heavy atom. The van der Waals surface area contributed by atoms with Gasteiger partial charge in [0.2, 0.25) is 5.91 Å². The molecule has 1 saturated carbocycles. The zero-order valence-corrected chi connectivity index (χ0v) is 11.4. The predicted molar refractivity (Wildman–Crippen MR) is 76.6 cm³/mol. The van der Waals surface area contributed by atoms with Crippen LogP contribution in [-0.2, 0) is 17.8 Å². The molecule has 0 saturated heterocycles. The number of nitrogens with two attached hydrogens (primary N) is 1. The molecular formula is C16H22N2O. The van der Waals surface area contributed by atoms with E-state index in [2.05, 4.69) is 6.07 Å². The number of fused-ring (bicyclic) bond motifs is 1. The zero-order chi connectivity index (χ0) is 13.2. The number of anilines is 1. The first-order valence-electron chi connectivity index (χ1n) is 7.38. The second-order valence-corrected chi connectivity index (χ2v) is 5.90. The standard InChI is InChI=1S/C16H22N2O/c17-15-7-3-6-13-11-18(9-8-14(13)15)16(19)10-12-4-1-2-5-12/h3,6-7,12H,1-2,4-5,8-11,17H2. The van der Waals surface area contributed by atoms with Crippen molar-refractivity contribution in [3.8, 4) is 0 Å². The van der Waals surface area contributed by atoms with Crippen LogP contribution in [0.3, 0.4) is 0 Å². The zero-order valence-electron chi connectivity index (χ0n) is 11.4. The molecular weight excluding hydrogens is 236 g/mol. The fraction of sp³-hybridized carbons (Fsp3) is 0.562. The molecule has 2 N–H and O–H groups in total. The molecule has 0 unspecified atom stereocenters. The summed E-state index contributed by atoms with van der Waals surface area (Å²) < 4.78 is 0. The molecule has 102 valence electrons. The van der Waals surface area contributed by atoms with E-state index in [9.17, 15) is 4.79 Å². The molecule has 1 fully saturated rings. The summed E-state index contributed by atoms with van der Waals surface area (Å²) in [6.45, 7) is 1.57. The van der Waals surface area contributed by atoms with Crippen LogP contribution in [0.4, 0.5) is 5.69 Å². The predicted octanol–water partition coefficient (Wildman–Crippen LogP) is 2.73. The van der Waals surface area contributed by atoms with E-state index >= 15 is 0 Å². The third-order valence-electron chi connectivity index (χ3n) is 4.59. The number of rotatable bonds is 2. The highest BCUT2D eigenvalue weighted by atomic mass is 16.2. The van der Waals surface area contributed by atoms with Crippen LogP contribution < -0.4 is 5.73 Å². The summed E-state index contributed by atoms with van der Waals surface area (Å²) in [5.41, 5.74) is 9.34. The van der Waals surface area contributed by atoms with Crippen molar-refractivity contribution in [1.29, 1.82) is 0 Å². The minimum atomic E-state index is 0.333. The molecule has 1 heterocycles. The maximum atomic E-state index is 12.3. The third-order valence-corrected chi connectivity index (χ3v) is 4.59. The fourth-order valence-corrected chi connectivity index (χ4v) is 3.44. The first-order valence-corrected chi connectivity index (χ1v) is 7.38. The van der Waals surface area contributed by atoms with Gasteiger partial charge < -0.3 is 10.6 Å². The van der Waals surface area contributed by atoms with Gasteiger partial charge >= 0.3 is 0 Å². The minimum absolute atomic E-state index is 0.333. The molecule has 1 aliphatic carbocycles. The van der Waals surface area contributed by atoms with Crippen molar-refractivity contribution in [2.45, 2.75) is 45.1 Å². The van der Waals surface area contributed by atoms with Crippen molar-refractivity contribution in [2.24, 2.45) is 5.92 Å². The summed E-state index contributed by atoms with van der Waals surface area (Å²) in [4.78, 5) is 14.4. The Hall–Kier alpha value is -1.51. The van der Waals surface area contributed by atoms with Crippen molar-refractivity contribution in [3.05, 3.63) is 29.3 Å². The van der Waals surface area contributed by atoms with Gasteiger partial charge in [0.1, 0.15) is 0 Å². The van der Waals surface area contributed by atoms with E-state index in [4.69, 9.17) is 5.73 Å². The van der Waals surface area contributed by atoms with Gasteiger partial charge in [0.15, 0.2) is 0 Å². The van der Waals surface area contributed by atoms with E-state index in [1.54, 1.807) is 0 Å². The van der Waals surface area contributed by atoms with Crippen molar-refractivity contribution in [2.75, 3.05) is 12.3 Å². The van der Waals surface area contributed by atoms with Gasteiger partial charge in [-0.1, -0.05) is 25.0 Å². The smallest absolute Gasteiger partial charge is 0.223 e. The van der Waals surface area contributed by atoms with E-state index in [-0.39, 0.29) is 0 Å². The lowest BCUT2D eigenvalue weighted by atomic mass is 9.96. The molecule has 0 spiro atoms. The lowest BCUT2D eigenvalue weighted by molar-refractivity contribution is -0.133. The SMILES string of the molecule is Nc1cccc2c1CCN(C(=O)CC1CCCC1)C2. The lowest BCUT2D eigenvalue weighted by Crippen LogP contribution is -2.36. The van der Waals surface area contributed by atoms with Crippen molar-refractivity contribution in [3.63, 3.8) is 0 Å². The molecule has 1 aliphatic heterocycles. The van der Waals surface area contributed by atoms with Gasteiger partial charge in [-0.3, -0.25) is 4.79 Å². The number of carbonyl (C=O) groups excluding carboxylic acids is 1. The monoisotopic (exact) mass is 258 g/mol. The third kappa shape index (κ3) is 2.60. The Labute approximate surface area is 114 Å². The number of hydrogen-bond donors (Lipinski definition) is 1. The van der Waals surface area contributed by atoms with Gasteiger partial charge in [0.25, 0.3) is 0 Å². The van der Waals surface area contributed by atoms with Gasteiger partial charge in [0.05, 0.1) is 0 Å². The molecule has 3 heteroatoms. The highest BCUT2D eigenvalue weighted by molar-refractivity contribution is 5.77. The number of nitrogen functional groups attached to an aromatic ring is 1. The second-order valence-electron chi connectivity index (χ2n) is 5.90. The number of hydrogen-bond acceptors (Lipinski definition) is 2. The van der Waals surface area contributed by atoms with Crippen LogP contribution in [0.1, 0.15) is 43.2 Å². The Morgan fingerprint density at radius 1 is 1.32 bits per heavy atom. The van der Waals surface area contributed by atoms with E-state index in [0.29, 0.717) is 11.8 Å². The quantitative estimate of drug-likeness (QED) is 0.829. The van der Waals surface area contributed by atoms with E-state index in [1.165, 1.54) is 36.8 Å². The minimum Gasteiger partial charge on any atom is -0.398 e. The average Bonchev–Trinajstić information content (AvgIpc) is 2.91. The summed E-state index contributed by atoms with van der Waals surface area (Å²) in [7, 11) is 0. The summed E-state index contributed by atoms with van der Waals surface area (Å²) in [6.07, 6.45) is 6.73. The van der Waals surface area contributed by atoms with Crippen molar-refractivity contribution < 1.29 is 4.79 Å². The summed E-state index contributed by atoms with van der Waals surface area (Å²) in [5, 5.41) is 0. The normalized spacial score (nSPS) is 19.5. The van der Waals surface area contributed by atoms with Crippen LogP contribution in [0.2, 0.25) is 0 Å². The number of benzene rings is 1. The molecule has 3 nitrogen and oxygen atoms in total. The van der Waals surface area contributed by atoms with E-state index in [0.717, 1.165) is 31.6 Å². The van der Waals surface area contributed by atoms with Gasteiger partial charge in [0, 0.05) is 25.2 Å². The van der Waals surface area contributed by atoms with Crippen molar-refractivity contribution in [1.82, 2.24) is 4.90 Å². The Bertz CT molecular complexity index is 478. The Kier molecular flexibility index (Phi) is 3.45. The Morgan fingerprint density at radius 2 is 2.11 bits per heavy atom. The summed E-state index contributed by atoms with van der Waals surface area (Å²) in [5.74, 6) is 0.967. The van der Waals surface area contributed by atoms with Crippen LogP contribution in [-0.4, -0.2) is 17.4 Å². The van der Waals surface area contributed by atoms with Gasteiger partial charge in [-0.2, -0.15) is 0 Å². The largest absolute Gasteiger partial charge is 0.398 e. The fourth-order valence-electron chi connectivity index (χ4n) is 3.44. The topological polar surface area (TPSA) is 46.3 Å². The second kappa shape index (κ2) is 5.24. The van der Waals surface area contributed by atoms with Gasteiger partial charge in [-0.25, -0.2) is 0 Å². The number of amides is 1. The average molecular weight is 258 g/mol. The molecule has 1 aromatic rings. The molecule has 3 rings (SSSR count). The highest BCUT2D eigenvalue weighted by Gasteiger charge is 2.25. The first kappa shape index (κ1) is 12.5. The van der Waals surface area contributed by atoms with Crippen LogP contribution in [0.5, 0.6) is 0 Å². The molecule has 0 bridgehead atoms. The molecule has 19 heavy (non-hydrogen) atoms. The summed E-state index contributed by atoms with van der Waals surface area (Å²) in [6, 6.07) is 6.04. The van der Waals surface area contributed by atoms with Crippen LogP contribution in [0, 0.1) is 5.92 Å². The first-order chi connectivity index (χ1) is 9.24. The molecule has 0 aromatic heterocycles. The van der Waals surface area contributed by atoms with Crippen LogP contribution in [0.25, 0.3) is 0 Å². The van der Waals surface area contributed by atoms with Gasteiger partial charge in [-0.05, 0) is 42.4 Å². The van der Waals surface area contributed by atoms with E-state index < -0.39 is 0 Å². The van der Waals surface area contributed by atoms with E-state index in [1.807, 2.05) is 17.0 Å². The van der Waals surface area contributed by atoms with Crippen LogP contribution in [0.15, 0.2) is 18.2 Å². The van der Waals surface area contributed by atoms with Crippen LogP contribution >= 0.6 is 0 Å². The molecule has 0 atom stereocenters. The molecule has 0 radical (unpaired) electrons. The summed E-state index contributed by atoms with van der Waals surface area (Å²) >= 11 is 0. The molecule has 2 aliphatic rings. The van der Waals surface area contributed by atoms with Gasteiger partial charge in [-0.15, -0.1) is 0 Å². The molecule has 1 aromatic carbocycles.